The number of carbonyl (C=O) groups excluding carboxylic acids is 2. The molecule has 7 heteroatoms. The van der Waals surface area contributed by atoms with Gasteiger partial charge in [-0.3, -0.25) is 9.59 Å². The van der Waals surface area contributed by atoms with Crippen LogP contribution in [0.3, 0.4) is 0 Å². The van der Waals surface area contributed by atoms with Gasteiger partial charge < -0.3 is 16.0 Å². The van der Waals surface area contributed by atoms with Crippen LogP contribution in [0.15, 0.2) is 72.8 Å². The fraction of sp³-hybridized carbons (Fsp3) is 0.259. The summed E-state index contributed by atoms with van der Waals surface area (Å²) in [4.78, 5) is 27.8. The van der Waals surface area contributed by atoms with E-state index in [4.69, 9.17) is 5.73 Å². The van der Waals surface area contributed by atoms with Crippen molar-refractivity contribution in [2.75, 3.05) is 5.32 Å². The van der Waals surface area contributed by atoms with E-state index < -0.39 is 17.5 Å². The second-order valence-corrected chi connectivity index (χ2v) is 8.68. The zero-order chi connectivity index (χ0) is 24.1. The van der Waals surface area contributed by atoms with Gasteiger partial charge in [0.25, 0.3) is 11.8 Å². The number of rotatable bonds is 6. The zero-order valence-electron chi connectivity index (χ0n) is 18.7. The first-order valence-corrected chi connectivity index (χ1v) is 11.4. The van der Waals surface area contributed by atoms with Gasteiger partial charge in [0, 0.05) is 41.5 Å². The molecule has 1 fully saturated rings. The third-order valence-electron chi connectivity index (χ3n) is 6.13. The lowest BCUT2D eigenvalue weighted by molar-refractivity contribution is 0.0606. The van der Waals surface area contributed by atoms with Gasteiger partial charge in [-0.25, -0.2) is 8.78 Å². The Balaban J connectivity index is 1.54. The smallest absolute Gasteiger partial charge is 0.255 e. The Bertz CT molecular complexity index is 1140. The molecule has 1 aliphatic rings. The summed E-state index contributed by atoms with van der Waals surface area (Å²) in [6.07, 6.45) is 3.40. The average molecular weight is 464 g/mol. The summed E-state index contributed by atoms with van der Waals surface area (Å²) in [6.45, 7) is 0.367. The number of halogens is 2. The molecule has 0 spiro atoms. The molecule has 0 aromatic heterocycles. The quantitative estimate of drug-likeness (QED) is 0.532. The molecule has 0 radical (unpaired) electrons. The van der Waals surface area contributed by atoms with E-state index in [0.29, 0.717) is 23.9 Å². The van der Waals surface area contributed by atoms with Crippen LogP contribution in [0, 0.1) is 11.6 Å². The van der Waals surface area contributed by atoms with Gasteiger partial charge in [0.05, 0.1) is 0 Å². The summed E-state index contributed by atoms with van der Waals surface area (Å²) in [5, 5.41) is 2.68. The molecule has 4 rings (SSSR count). The number of nitrogens with two attached hydrogens (primary N) is 1. The third-order valence-corrected chi connectivity index (χ3v) is 6.13. The number of carbonyl (C=O) groups is 2. The van der Waals surface area contributed by atoms with Crippen molar-refractivity contribution in [1.29, 1.82) is 0 Å². The number of hydrogen-bond donors (Lipinski definition) is 2. The van der Waals surface area contributed by atoms with Gasteiger partial charge in [0.2, 0.25) is 0 Å². The van der Waals surface area contributed by atoms with E-state index in [1.54, 1.807) is 30.3 Å². The fourth-order valence-electron chi connectivity index (χ4n) is 4.36. The summed E-state index contributed by atoms with van der Waals surface area (Å²) >= 11 is 0. The SMILES string of the molecule is NC1CCC(N(Cc2cccc(NC(=O)c3cc(F)cc(F)c3)c2)C(=O)c2ccccc2)CC1. The highest BCUT2D eigenvalue weighted by Gasteiger charge is 2.28. The van der Waals surface area contributed by atoms with Crippen molar-refractivity contribution >= 4 is 17.5 Å². The van der Waals surface area contributed by atoms with Crippen LogP contribution in [0.2, 0.25) is 0 Å². The third kappa shape index (κ3) is 5.85. The number of nitrogens with zero attached hydrogens (tertiary/aromatic N) is 1. The second kappa shape index (κ2) is 10.6. The van der Waals surface area contributed by atoms with Crippen molar-refractivity contribution in [2.45, 2.75) is 44.3 Å². The predicted octanol–water partition coefficient (Wildman–Crippen LogP) is 5.13. The Labute approximate surface area is 197 Å². The van der Waals surface area contributed by atoms with Crippen LogP contribution in [0.25, 0.3) is 0 Å². The maximum Gasteiger partial charge on any atom is 0.255 e. The molecule has 0 heterocycles. The Morgan fingerprint density at radius 2 is 1.53 bits per heavy atom. The second-order valence-electron chi connectivity index (χ2n) is 8.68. The molecular formula is C27H27F2N3O2. The van der Waals surface area contributed by atoms with Crippen LogP contribution in [0.5, 0.6) is 0 Å². The highest BCUT2D eigenvalue weighted by atomic mass is 19.1. The van der Waals surface area contributed by atoms with Crippen LogP contribution < -0.4 is 11.1 Å². The monoisotopic (exact) mass is 463 g/mol. The molecule has 2 amide bonds. The van der Waals surface area contributed by atoms with Crippen molar-refractivity contribution in [3.05, 3.63) is 101 Å². The number of hydrogen-bond acceptors (Lipinski definition) is 3. The molecule has 0 atom stereocenters. The van der Waals surface area contributed by atoms with E-state index in [-0.39, 0.29) is 23.6 Å². The minimum Gasteiger partial charge on any atom is -0.331 e. The van der Waals surface area contributed by atoms with Crippen LogP contribution in [0.4, 0.5) is 14.5 Å². The summed E-state index contributed by atoms with van der Waals surface area (Å²) in [6, 6.07) is 19.2. The Hall–Kier alpha value is -3.58. The number of nitrogens with one attached hydrogen (secondary N) is 1. The van der Waals surface area contributed by atoms with Gasteiger partial charge >= 0.3 is 0 Å². The lowest BCUT2D eigenvalue weighted by atomic mass is 9.90. The van der Waals surface area contributed by atoms with Crippen LogP contribution in [-0.2, 0) is 6.54 Å². The van der Waals surface area contributed by atoms with Gasteiger partial charge in [0.1, 0.15) is 11.6 Å². The van der Waals surface area contributed by atoms with Gasteiger partial charge in [-0.05, 0) is 67.6 Å². The first-order valence-electron chi connectivity index (χ1n) is 11.4. The van der Waals surface area contributed by atoms with Crippen LogP contribution in [0.1, 0.15) is 52.0 Å². The molecule has 0 aliphatic heterocycles. The van der Waals surface area contributed by atoms with Gasteiger partial charge in [-0.15, -0.1) is 0 Å². The average Bonchev–Trinajstić information content (AvgIpc) is 2.83. The summed E-state index contributed by atoms with van der Waals surface area (Å²) in [5.74, 6) is -2.30. The molecule has 0 bridgehead atoms. The predicted molar refractivity (Wildman–Crippen MR) is 127 cm³/mol. The zero-order valence-corrected chi connectivity index (χ0v) is 18.7. The Kier molecular flexibility index (Phi) is 7.33. The normalized spacial score (nSPS) is 17.7. The summed E-state index contributed by atoms with van der Waals surface area (Å²) < 4.78 is 27.0. The first kappa shape index (κ1) is 23.6. The minimum atomic E-state index is -0.818. The molecule has 1 saturated carbocycles. The van der Waals surface area contributed by atoms with E-state index in [1.165, 1.54) is 0 Å². The van der Waals surface area contributed by atoms with Gasteiger partial charge in [-0.2, -0.15) is 0 Å². The standard InChI is InChI=1S/C27H27F2N3O2/c28-21-14-20(15-22(29)16-21)26(33)31-24-8-4-5-18(13-24)17-32(25-11-9-23(30)10-12-25)27(34)19-6-2-1-3-7-19/h1-8,13-16,23,25H,9-12,17,30H2,(H,31,33). The van der Waals surface area contributed by atoms with Gasteiger partial charge in [-0.1, -0.05) is 30.3 Å². The summed E-state index contributed by atoms with van der Waals surface area (Å²) in [7, 11) is 0. The molecule has 3 aromatic rings. The van der Waals surface area contributed by atoms with Crippen molar-refractivity contribution in [3.8, 4) is 0 Å². The lowest BCUT2D eigenvalue weighted by Crippen LogP contribution is -2.43. The number of anilines is 1. The van der Waals surface area contributed by atoms with Crippen molar-refractivity contribution in [3.63, 3.8) is 0 Å². The van der Waals surface area contributed by atoms with Crippen LogP contribution in [-0.4, -0.2) is 28.8 Å². The lowest BCUT2D eigenvalue weighted by Gasteiger charge is -2.36. The summed E-state index contributed by atoms with van der Waals surface area (Å²) in [5.41, 5.74) is 7.90. The maximum absolute atomic E-state index is 13.5. The largest absolute Gasteiger partial charge is 0.331 e. The van der Waals surface area contributed by atoms with E-state index in [0.717, 1.165) is 43.4 Å². The minimum absolute atomic E-state index is 0.0502. The van der Waals surface area contributed by atoms with Crippen molar-refractivity contribution in [1.82, 2.24) is 4.90 Å². The molecule has 176 valence electrons. The highest BCUT2D eigenvalue weighted by molar-refractivity contribution is 6.04. The topological polar surface area (TPSA) is 75.4 Å². The van der Waals surface area contributed by atoms with E-state index in [2.05, 4.69) is 5.32 Å². The number of benzene rings is 3. The maximum atomic E-state index is 13.5. The highest BCUT2D eigenvalue weighted by Crippen LogP contribution is 2.26. The van der Waals surface area contributed by atoms with E-state index >= 15 is 0 Å². The molecule has 3 aromatic carbocycles. The number of amides is 2. The molecule has 0 saturated heterocycles. The molecule has 3 N–H and O–H groups in total. The molecule has 1 aliphatic carbocycles. The Morgan fingerprint density at radius 3 is 2.21 bits per heavy atom. The Morgan fingerprint density at radius 1 is 0.853 bits per heavy atom. The molecule has 34 heavy (non-hydrogen) atoms. The molecule has 0 unspecified atom stereocenters. The van der Waals surface area contributed by atoms with Crippen molar-refractivity contribution < 1.29 is 18.4 Å². The molecule has 5 nitrogen and oxygen atoms in total. The van der Waals surface area contributed by atoms with E-state index in [1.807, 2.05) is 29.2 Å². The first-order chi connectivity index (χ1) is 16.4. The fourth-order valence-corrected chi connectivity index (χ4v) is 4.36. The van der Waals surface area contributed by atoms with Crippen LogP contribution >= 0.6 is 0 Å². The van der Waals surface area contributed by atoms with Gasteiger partial charge in [0.15, 0.2) is 0 Å². The van der Waals surface area contributed by atoms with E-state index in [9.17, 15) is 18.4 Å². The van der Waals surface area contributed by atoms with Crippen molar-refractivity contribution in [2.24, 2.45) is 5.73 Å². The molecular weight excluding hydrogens is 436 g/mol.